The number of aliphatic hydroxyl groups excluding tert-OH is 1. The van der Waals surface area contributed by atoms with Gasteiger partial charge < -0.3 is 20.1 Å². The van der Waals surface area contributed by atoms with E-state index in [0.717, 1.165) is 28.5 Å². The Hall–Kier alpha value is -1.52. The Morgan fingerprint density at radius 3 is 3.05 bits per heavy atom. The molecule has 3 N–H and O–H groups in total. The van der Waals surface area contributed by atoms with Crippen LogP contribution in [-0.4, -0.2) is 35.4 Å². The van der Waals surface area contributed by atoms with Gasteiger partial charge in [0.2, 0.25) is 0 Å². The summed E-state index contributed by atoms with van der Waals surface area (Å²) in [5, 5.41) is 14.8. The summed E-state index contributed by atoms with van der Waals surface area (Å²) in [6.07, 6.45) is 6.90. The van der Waals surface area contributed by atoms with Gasteiger partial charge in [-0.15, -0.1) is 0 Å². The first-order valence-electron chi connectivity index (χ1n) is 8.40. The van der Waals surface area contributed by atoms with E-state index < -0.39 is 6.10 Å². The number of nitrogens with one attached hydrogen (secondary N) is 2. The number of hydrogen-bond donors (Lipinski definition) is 3. The summed E-state index contributed by atoms with van der Waals surface area (Å²) in [6, 6.07) is 8.56. The van der Waals surface area contributed by atoms with Gasteiger partial charge in [0.1, 0.15) is 18.5 Å². The zero-order valence-electron chi connectivity index (χ0n) is 12.8. The van der Waals surface area contributed by atoms with Gasteiger partial charge in [-0.2, -0.15) is 0 Å². The third kappa shape index (κ3) is 2.73. The molecule has 2 fully saturated rings. The molecule has 4 heteroatoms. The fraction of sp³-hybridized carbons (Fsp3) is 0.556. The molecule has 0 radical (unpaired) electrons. The highest BCUT2D eigenvalue weighted by molar-refractivity contribution is 5.85. The number of aromatic amines is 1. The first-order valence-corrected chi connectivity index (χ1v) is 8.40. The molecule has 2 saturated carbocycles. The van der Waals surface area contributed by atoms with Gasteiger partial charge in [0.15, 0.2) is 0 Å². The number of rotatable bonds is 6. The van der Waals surface area contributed by atoms with E-state index in [1.165, 1.54) is 25.7 Å². The summed E-state index contributed by atoms with van der Waals surface area (Å²) >= 11 is 0. The van der Waals surface area contributed by atoms with Gasteiger partial charge >= 0.3 is 0 Å². The molecule has 2 bridgehead atoms. The molecule has 1 aromatic heterocycles. The van der Waals surface area contributed by atoms with Crippen LogP contribution in [0.1, 0.15) is 25.7 Å². The zero-order chi connectivity index (χ0) is 14.9. The monoisotopic (exact) mass is 300 g/mol. The predicted octanol–water partition coefficient (Wildman–Crippen LogP) is 2.69. The van der Waals surface area contributed by atoms with E-state index in [1.807, 2.05) is 30.5 Å². The third-order valence-corrected chi connectivity index (χ3v) is 5.34. The van der Waals surface area contributed by atoms with Gasteiger partial charge in [-0.05, 0) is 49.3 Å². The molecule has 22 heavy (non-hydrogen) atoms. The third-order valence-electron chi connectivity index (χ3n) is 5.34. The number of hydrogen-bond acceptors (Lipinski definition) is 3. The van der Waals surface area contributed by atoms with Gasteiger partial charge in [-0.25, -0.2) is 0 Å². The summed E-state index contributed by atoms with van der Waals surface area (Å²) in [6.45, 7) is 0.953. The average Bonchev–Trinajstić information content (AvgIpc) is 3.26. The summed E-state index contributed by atoms with van der Waals surface area (Å²) in [5.41, 5.74) is 1.06. The Kier molecular flexibility index (Phi) is 3.80. The zero-order valence-corrected chi connectivity index (χ0v) is 12.8. The molecule has 1 aromatic carbocycles. The van der Waals surface area contributed by atoms with Gasteiger partial charge in [0, 0.05) is 29.7 Å². The summed E-state index contributed by atoms with van der Waals surface area (Å²) in [7, 11) is 0. The molecule has 4 nitrogen and oxygen atoms in total. The maximum atomic E-state index is 10.2. The molecule has 2 aliphatic carbocycles. The van der Waals surface area contributed by atoms with Gasteiger partial charge in [-0.1, -0.05) is 12.5 Å². The molecule has 0 aliphatic heterocycles. The lowest BCUT2D eigenvalue weighted by molar-refractivity contribution is 0.102. The molecular formula is C18H24N2O2. The van der Waals surface area contributed by atoms with Crippen molar-refractivity contribution in [2.75, 3.05) is 13.2 Å². The second-order valence-electron chi connectivity index (χ2n) is 6.85. The van der Waals surface area contributed by atoms with E-state index in [-0.39, 0.29) is 0 Å². The molecular weight excluding hydrogens is 276 g/mol. The Labute approximate surface area is 130 Å². The van der Waals surface area contributed by atoms with E-state index in [1.54, 1.807) is 0 Å². The van der Waals surface area contributed by atoms with Crippen LogP contribution in [0, 0.1) is 11.8 Å². The first-order chi connectivity index (χ1) is 10.8. The lowest BCUT2D eigenvalue weighted by Crippen LogP contribution is -2.40. The number of benzene rings is 1. The van der Waals surface area contributed by atoms with E-state index in [9.17, 15) is 5.11 Å². The maximum absolute atomic E-state index is 10.2. The largest absolute Gasteiger partial charge is 0.490 e. The molecule has 4 rings (SSSR count). The molecule has 0 saturated heterocycles. The molecule has 1 heterocycles. The number of fused-ring (bicyclic) bond motifs is 3. The minimum atomic E-state index is -0.465. The second kappa shape index (κ2) is 5.94. The van der Waals surface area contributed by atoms with Crippen LogP contribution in [0.15, 0.2) is 30.5 Å². The summed E-state index contributed by atoms with van der Waals surface area (Å²) in [4.78, 5) is 3.17. The highest BCUT2D eigenvalue weighted by Gasteiger charge is 2.39. The molecule has 0 amide bonds. The maximum Gasteiger partial charge on any atom is 0.128 e. The van der Waals surface area contributed by atoms with Gasteiger partial charge in [0.25, 0.3) is 0 Å². The molecule has 0 spiro atoms. The fourth-order valence-corrected chi connectivity index (χ4v) is 4.21. The quantitative estimate of drug-likeness (QED) is 0.769. The predicted molar refractivity (Wildman–Crippen MR) is 87.0 cm³/mol. The van der Waals surface area contributed by atoms with Crippen molar-refractivity contribution in [3.05, 3.63) is 30.5 Å². The Bertz CT molecular complexity index is 639. The van der Waals surface area contributed by atoms with Gasteiger partial charge in [-0.3, -0.25) is 0 Å². The van der Waals surface area contributed by atoms with Crippen LogP contribution in [0.4, 0.5) is 0 Å². The van der Waals surface area contributed by atoms with Crippen molar-refractivity contribution in [1.29, 1.82) is 0 Å². The van der Waals surface area contributed by atoms with E-state index >= 15 is 0 Å². The lowest BCUT2D eigenvalue weighted by atomic mass is 9.95. The molecule has 2 aliphatic rings. The van der Waals surface area contributed by atoms with Crippen molar-refractivity contribution in [2.45, 2.75) is 37.8 Å². The van der Waals surface area contributed by atoms with Crippen molar-refractivity contribution in [3.63, 3.8) is 0 Å². The summed E-state index contributed by atoms with van der Waals surface area (Å²) in [5.74, 6) is 2.60. The van der Waals surface area contributed by atoms with Crippen LogP contribution < -0.4 is 10.1 Å². The second-order valence-corrected chi connectivity index (χ2v) is 6.85. The normalized spacial score (nSPS) is 28.3. The van der Waals surface area contributed by atoms with Crippen LogP contribution in [0.5, 0.6) is 5.75 Å². The van der Waals surface area contributed by atoms with Gasteiger partial charge in [0.05, 0.1) is 0 Å². The number of aromatic nitrogens is 1. The SMILES string of the molecule is OC(CNC1CC2CCC1C2)COc1cccc2[nH]ccc12. The van der Waals surface area contributed by atoms with E-state index in [2.05, 4.69) is 10.3 Å². The Morgan fingerprint density at radius 1 is 1.27 bits per heavy atom. The molecule has 4 unspecified atom stereocenters. The van der Waals surface area contributed by atoms with Crippen molar-refractivity contribution >= 4 is 10.9 Å². The van der Waals surface area contributed by atoms with E-state index in [4.69, 9.17) is 4.74 Å². The van der Waals surface area contributed by atoms with Crippen LogP contribution >= 0.6 is 0 Å². The van der Waals surface area contributed by atoms with Crippen LogP contribution in [-0.2, 0) is 0 Å². The van der Waals surface area contributed by atoms with Crippen molar-refractivity contribution < 1.29 is 9.84 Å². The Morgan fingerprint density at radius 2 is 2.23 bits per heavy atom. The first kappa shape index (κ1) is 14.1. The molecule has 2 aromatic rings. The number of H-pyrrole nitrogens is 1. The van der Waals surface area contributed by atoms with Crippen molar-refractivity contribution in [3.8, 4) is 5.75 Å². The number of aliphatic hydroxyl groups is 1. The number of ether oxygens (including phenoxy) is 1. The fourth-order valence-electron chi connectivity index (χ4n) is 4.21. The topological polar surface area (TPSA) is 57.3 Å². The summed E-state index contributed by atoms with van der Waals surface area (Å²) < 4.78 is 5.81. The van der Waals surface area contributed by atoms with Crippen molar-refractivity contribution in [1.82, 2.24) is 10.3 Å². The highest BCUT2D eigenvalue weighted by Crippen LogP contribution is 2.44. The van der Waals surface area contributed by atoms with Crippen molar-refractivity contribution in [2.24, 2.45) is 11.8 Å². The minimum Gasteiger partial charge on any atom is -0.490 e. The minimum absolute atomic E-state index is 0.331. The lowest BCUT2D eigenvalue weighted by Gasteiger charge is -2.24. The van der Waals surface area contributed by atoms with E-state index in [0.29, 0.717) is 19.2 Å². The van der Waals surface area contributed by atoms with Crippen LogP contribution in [0.3, 0.4) is 0 Å². The Balaban J connectivity index is 1.27. The molecule has 118 valence electrons. The standard InChI is InChI=1S/C18H24N2O2/c21-14(10-20-17-9-12-4-5-13(17)8-12)11-22-18-3-1-2-16-15(18)6-7-19-16/h1-3,6-7,12-14,17,19-21H,4-5,8-11H2. The van der Waals surface area contributed by atoms with Crippen LogP contribution in [0.2, 0.25) is 0 Å². The highest BCUT2D eigenvalue weighted by atomic mass is 16.5. The smallest absolute Gasteiger partial charge is 0.128 e. The van der Waals surface area contributed by atoms with Crippen LogP contribution in [0.25, 0.3) is 10.9 Å². The average molecular weight is 300 g/mol. The molecule has 4 atom stereocenters.